The second-order valence-electron chi connectivity index (χ2n) is 6.28. The van der Waals surface area contributed by atoms with Crippen molar-refractivity contribution in [2.45, 2.75) is 37.2 Å². The minimum absolute atomic E-state index is 0.0727. The Morgan fingerprint density at radius 3 is 2.20 bits per heavy atom. The van der Waals surface area contributed by atoms with Crippen LogP contribution in [0.3, 0.4) is 0 Å². The van der Waals surface area contributed by atoms with Crippen molar-refractivity contribution >= 4 is 15.8 Å². The van der Waals surface area contributed by atoms with Crippen LogP contribution in [0.4, 0.5) is 0 Å². The zero-order chi connectivity index (χ0) is 18.2. The Bertz CT molecular complexity index is 873. The van der Waals surface area contributed by atoms with Crippen LogP contribution in [-0.4, -0.2) is 31.7 Å². The molecule has 1 aliphatic rings. The number of sulfonamides is 1. The van der Waals surface area contributed by atoms with Gasteiger partial charge in [0.2, 0.25) is 10.0 Å². The molecule has 6 heteroatoms. The van der Waals surface area contributed by atoms with Gasteiger partial charge in [-0.3, -0.25) is 4.79 Å². The number of benzene rings is 2. The van der Waals surface area contributed by atoms with E-state index in [0.29, 0.717) is 5.75 Å². The van der Waals surface area contributed by atoms with Crippen LogP contribution in [0, 0.1) is 6.92 Å². The average Bonchev–Trinajstić information content (AvgIpc) is 2.91. The molecular formula is C19H21NO4S. The zero-order valence-corrected chi connectivity index (χ0v) is 15.3. The van der Waals surface area contributed by atoms with Crippen LogP contribution in [-0.2, 0) is 14.8 Å². The number of ketones is 1. The van der Waals surface area contributed by atoms with Crippen molar-refractivity contribution in [3.8, 4) is 5.75 Å². The maximum atomic E-state index is 13.2. The summed E-state index contributed by atoms with van der Waals surface area (Å²) in [5.41, 5.74) is 1.77. The number of nitrogens with zero attached hydrogens (tertiary/aromatic N) is 1. The lowest BCUT2D eigenvalue weighted by Crippen LogP contribution is -2.37. The second-order valence-corrected chi connectivity index (χ2v) is 8.13. The molecule has 0 aliphatic carbocycles. The number of aryl methyl sites for hydroxylation is 1. The number of Topliss-reactive ketones (excluding diaryl/α,β-unsaturated/α-hetero) is 1. The number of hydrogen-bond acceptors (Lipinski definition) is 4. The molecule has 0 radical (unpaired) electrons. The predicted molar refractivity (Wildman–Crippen MR) is 95.0 cm³/mol. The first-order valence-corrected chi connectivity index (χ1v) is 9.55. The predicted octanol–water partition coefficient (Wildman–Crippen LogP) is 3.10. The molecule has 2 aromatic carbocycles. The lowest BCUT2D eigenvalue weighted by atomic mass is 10.0. The van der Waals surface area contributed by atoms with Gasteiger partial charge in [-0.2, -0.15) is 4.31 Å². The van der Waals surface area contributed by atoms with Crippen LogP contribution in [0.25, 0.3) is 0 Å². The van der Waals surface area contributed by atoms with E-state index in [9.17, 15) is 13.2 Å². The van der Waals surface area contributed by atoms with Crippen LogP contribution in [0.5, 0.6) is 5.75 Å². The molecule has 0 amide bonds. The summed E-state index contributed by atoms with van der Waals surface area (Å²) in [6.45, 7) is 3.55. The number of methoxy groups -OCH3 is 1. The molecule has 1 aliphatic heterocycles. The van der Waals surface area contributed by atoms with Gasteiger partial charge in [-0.1, -0.05) is 29.8 Å². The molecule has 0 bridgehead atoms. The van der Waals surface area contributed by atoms with Crippen LogP contribution in [0.2, 0.25) is 0 Å². The van der Waals surface area contributed by atoms with E-state index in [0.717, 1.165) is 11.1 Å². The third kappa shape index (κ3) is 3.19. The van der Waals surface area contributed by atoms with Crippen molar-refractivity contribution in [1.29, 1.82) is 0 Å². The fourth-order valence-electron chi connectivity index (χ4n) is 3.16. The second kappa shape index (κ2) is 6.61. The maximum Gasteiger partial charge on any atom is 0.244 e. The van der Waals surface area contributed by atoms with E-state index in [2.05, 4.69) is 0 Å². The van der Waals surface area contributed by atoms with Crippen molar-refractivity contribution in [1.82, 2.24) is 4.31 Å². The Hall–Kier alpha value is -2.18. The van der Waals surface area contributed by atoms with Gasteiger partial charge in [0.1, 0.15) is 5.75 Å². The summed E-state index contributed by atoms with van der Waals surface area (Å²) >= 11 is 0. The monoisotopic (exact) mass is 359 g/mol. The highest BCUT2D eigenvalue weighted by atomic mass is 32.2. The van der Waals surface area contributed by atoms with Crippen molar-refractivity contribution in [2.24, 2.45) is 0 Å². The highest BCUT2D eigenvalue weighted by molar-refractivity contribution is 7.89. The Balaban J connectivity index is 2.03. The Morgan fingerprint density at radius 1 is 1.04 bits per heavy atom. The fraction of sp³-hybridized carbons (Fsp3) is 0.316. The van der Waals surface area contributed by atoms with E-state index in [-0.39, 0.29) is 17.1 Å². The van der Waals surface area contributed by atoms with Crippen LogP contribution in [0.15, 0.2) is 53.4 Å². The van der Waals surface area contributed by atoms with Gasteiger partial charge >= 0.3 is 0 Å². The minimum atomic E-state index is -3.77. The summed E-state index contributed by atoms with van der Waals surface area (Å²) in [4.78, 5) is 12.5. The molecule has 25 heavy (non-hydrogen) atoms. The van der Waals surface area contributed by atoms with E-state index in [1.54, 1.807) is 50.4 Å². The third-order valence-corrected chi connectivity index (χ3v) is 6.64. The molecule has 0 N–H and O–H groups in total. The Labute approximate surface area is 148 Å². The minimum Gasteiger partial charge on any atom is -0.497 e. The standard InChI is InChI=1S/C19H21NO4S/c1-13-4-10-17(11-5-13)25(22,23)20-14(2)19(21)12-18(20)15-6-8-16(24-3)9-7-15/h4-11,14,18H,12H2,1-3H3/t14-,18+/m0/s1. The summed E-state index contributed by atoms with van der Waals surface area (Å²) in [7, 11) is -2.20. The first kappa shape index (κ1) is 17.6. The van der Waals surface area contributed by atoms with Gasteiger partial charge in [0.15, 0.2) is 5.78 Å². The van der Waals surface area contributed by atoms with Gasteiger partial charge < -0.3 is 4.74 Å². The zero-order valence-electron chi connectivity index (χ0n) is 14.5. The van der Waals surface area contributed by atoms with E-state index >= 15 is 0 Å². The Morgan fingerprint density at radius 2 is 1.64 bits per heavy atom. The molecular weight excluding hydrogens is 338 g/mol. The molecule has 0 aromatic heterocycles. The number of rotatable bonds is 4. The molecule has 5 nitrogen and oxygen atoms in total. The van der Waals surface area contributed by atoms with E-state index in [4.69, 9.17) is 4.74 Å². The Kier molecular flexibility index (Phi) is 4.67. The highest BCUT2D eigenvalue weighted by Crippen LogP contribution is 2.39. The molecule has 3 rings (SSSR count). The first-order chi connectivity index (χ1) is 11.8. The molecule has 1 saturated heterocycles. The molecule has 0 unspecified atom stereocenters. The van der Waals surface area contributed by atoms with Crippen molar-refractivity contribution in [2.75, 3.05) is 7.11 Å². The largest absolute Gasteiger partial charge is 0.497 e. The third-order valence-electron chi connectivity index (χ3n) is 4.65. The van der Waals surface area contributed by atoms with Crippen LogP contribution >= 0.6 is 0 Å². The van der Waals surface area contributed by atoms with Crippen molar-refractivity contribution < 1.29 is 17.9 Å². The molecule has 132 valence electrons. The summed E-state index contributed by atoms with van der Waals surface area (Å²) in [5, 5.41) is 0. The van der Waals surface area contributed by atoms with Gasteiger partial charge in [0.25, 0.3) is 0 Å². The number of carbonyl (C=O) groups is 1. The smallest absolute Gasteiger partial charge is 0.244 e. The molecule has 2 aromatic rings. The molecule has 0 saturated carbocycles. The van der Waals surface area contributed by atoms with Gasteiger partial charge in [0.05, 0.1) is 24.1 Å². The molecule has 1 fully saturated rings. The fourth-order valence-corrected chi connectivity index (χ4v) is 4.95. The van der Waals surface area contributed by atoms with Crippen LogP contribution in [0.1, 0.15) is 30.5 Å². The van der Waals surface area contributed by atoms with Gasteiger partial charge in [-0.25, -0.2) is 8.42 Å². The van der Waals surface area contributed by atoms with Gasteiger partial charge in [0, 0.05) is 6.42 Å². The normalized spacial score (nSPS) is 21.5. The van der Waals surface area contributed by atoms with Crippen LogP contribution < -0.4 is 4.74 Å². The molecule has 1 heterocycles. The molecule has 0 spiro atoms. The van der Waals surface area contributed by atoms with Gasteiger partial charge in [-0.15, -0.1) is 0 Å². The molecule has 2 atom stereocenters. The topological polar surface area (TPSA) is 63.7 Å². The lowest BCUT2D eigenvalue weighted by molar-refractivity contribution is -0.118. The maximum absolute atomic E-state index is 13.2. The average molecular weight is 359 g/mol. The number of hydrogen-bond donors (Lipinski definition) is 0. The summed E-state index contributed by atoms with van der Waals surface area (Å²) < 4.78 is 32.8. The van der Waals surface area contributed by atoms with E-state index in [1.165, 1.54) is 4.31 Å². The SMILES string of the molecule is COc1ccc([C@H]2CC(=O)[C@H](C)N2S(=O)(=O)c2ccc(C)cc2)cc1. The highest BCUT2D eigenvalue weighted by Gasteiger charge is 2.45. The van der Waals surface area contributed by atoms with E-state index < -0.39 is 22.1 Å². The van der Waals surface area contributed by atoms with Crippen molar-refractivity contribution in [3.05, 3.63) is 59.7 Å². The number of ether oxygens (including phenoxy) is 1. The first-order valence-electron chi connectivity index (χ1n) is 8.11. The summed E-state index contributed by atoms with van der Waals surface area (Å²) in [5.74, 6) is 0.616. The lowest BCUT2D eigenvalue weighted by Gasteiger charge is -2.27. The quantitative estimate of drug-likeness (QED) is 0.841. The van der Waals surface area contributed by atoms with E-state index in [1.807, 2.05) is 19.1 Å². The number of carbonyl (C=O) groups excluding carboxylic acids is 1. The summed E-state index contributed by atoms with van der Waals surface area (Å²) in [6.07, 6.45) is 0.179. The van der Waals surface area contributed by atoms with Gasteiger partial charge in [-0.05, 0) is 43.7 Å². The summed E-state index contributed by atoms with van der Waals surface area (Å²) in [6, 6.07) is 12.7. The van der Waals surface area contributed by atoms with Crippen molar-refractivity contribution in [3.63, 3.8) is 0 Å².